The lowest BCUT2D eigenvalue weighted by molar-refractivity contribution is 0.477. The Kier molecular flexibility index (Phi) is 18.4. The maximum Gasteiger partial charge on any atom is 0.152 e. The van der Waals surface area contributed by atoms with Gasteiger partial charge in [-0.15, -0.1) is 0 Å². The number of aryl methyl sites for hydroxylation is 2. The molecule has 14 heteroatoms. The van der Waals surface area contributed by atoms with E-state index in [1.165, 1.54) is 88.7 Å². The van der Waals surface area contributed by atoms with Crippen molar-refractivity contribution in [3.63, 3.8) is 0 Å². The molecular weight excluding hydrogens is 1790 g/mol. The van der Waals surface area contributed by atoms with Crippen LogP contribution in [-0.2, 0) is 21.7 Å². The number of ether oxygens (including phenoxy) is 2. The molecule has 692 valence electrons. The molecule has 0 radical (unpaired) electrons. The fourth-order valence-corrected chi connectivity index (χ4v) is 25.6. The third kappa shape index (κ3) is 12.2. The topological polar surface area (TPSA) is 119 Å². The maximum absolute atomic E-state index is 6.72. The quantitative estimate of drug-likeness (QED) is 0.130. The Hall–Kier alpha value is -18.7. The second kappa shape index (κ2) is 31.9. The van der Waals surface area contributed by atoms with Crippen LogP contribution in [0.5, 0.6) is 23.0 Å². The lowest BCUT2D eigenvalue weighted by Gasteiger charge is -2.48. The van der Waals surface area contributed by atoms with E-state index in [9.17, 15) is 0 Å². The summed E-state index contributed by atoms with van der Waals surface area (Å²) in [4.78, 5) is 37.0. The van der Waals surface area contributed by atoms with Gasteiger partial charge in [0.1, 0.15) is 0 Å². The highest BCUT2D eigenvalue weighted by Gasteiger charge is 2.52. The molecule has 146 heavy (non-hydrogen) atoms. The normalized spacial score (nSPS) is 14.5. The lowest BCUT2D eigenvalue weighted by atomic mass is 9.62. The predicted octanol–water partition coefficient (Wildman–Crippen LogP) is 33.0. The zero-order chi connectivity index (χ0) is 97.2. The second-order valence-corrected chi connectivity index (χ2v) is 40.3. The number of nitrogens with zero attached hydrogens (tertiary/aromatic N) is 12. The van der Waals surface area contributed by atoms with Crippen molar-refractivity contribution in [2.24, 2.45) is 0 Å². The molecule has 2 aliphatic carbocycles. The summed E-state index contributed by atoms with van der Waals surface area (Å²) in [5.74, 6) is 3.23. The minimum Gasteiger partial charge on any atom is -0.453 e. The van der Waals surface area contributed by atoms with Gasteiger partial charge in [-0.2, -0.15) is 0 Å². The summed E-state index contributed by atoms with van der Waals surface area (Å²) in [6, 6.07) is 138. The Labute approximate surface area is 844 Å². The first kappa shape index (κ1) is 84.2. The molecule has 0 amide bonds. The monoisotopic (exact) mass is 1880 g/mol. The van der Waals surface area contributed by atoms with Crippen molar-refractivity contribution < 1.29 is 9.47 Å². The third-order valence-electron chi connectivity index (χ3n) is 31.8. The van der Waals surface area contributed by atoms with E-state index in [0.717, 1.165) is 179 Å². The zero-order valence-corrected chi connectivity index (χ0v) is 80.9. The number of rotatable bonds is 10. The molecule has 0 atom stereocenters. The van der Waals surface area contributed by atoms with Crippen molar-refractivity contribution in [1.29, 1.82) is 0 Å². The average molecular weight is 1880 g/mol. The van der Waals surface area contributed by atoms with Gasteiger partial charge in [-0.25, -0.2) is 0 Å². The van der Waals surface area contributed by atoms with E-state index in [0.29, 0.717) is 0 Å². The number of pyridine rings is 6. The van der Waals surface area contributed by atoms with Gasteiger partial charge in [0.05, 0.1) is 89.8 Å². The Morgan fingerprint density at radius 1 is 0.199 bits per heavy atom. The summed E-state index contributed by atoms with van der Waals surface area (Å²) in [5, 5.41) is 9.15. The van der Waals surface area contributed by atoms with Crippen LogP contribution < -0.4 is 29.1 Å². The van der Waals surface area contributed by atoms with Crippen LogP contribution in [0.3, 0.4) is 0 Å². The first-order valence-electron chi connectivity index (χ1n) is 49.9. The van der Waals surface area contributed by atoms with E-state index < -0.39 is 10.8 Å². The Balaban J connectivity index is 0.000000142. The molecular formula is C132H92N12O2. The van der Waals surface area contributed by atoms with Crippen LogP contribution in [-0.4, -0.2) is 39.0 Å². The molecule has 30 rings (SSSR count). The zero-order valence-electron chi connectivity index (χ0n) is 80.9. The Morgan fingerprint density at radius 3 is 0.925 bits per heavy atom. The van der Waals surface area contributed by atoms with Crippen LogP contribution in [0, 0.1) is 13.8 Å². The van der Waals surface area contributed by atoms with Crippen molar-refractivity contribution in [1.82, 2.24) is 39.0 Å². The van der Waals surface area contributed by atoms with Crippen molar-refractivity contribution in [3.8, 4) is 56.6 Å². The SMILES string of the molecule is Cc1cc(N2c3ccccc3C(c3ccncc3)(c3ccncc3)c3cc4c(cc32)C(C)(C)c2ccccc2-4)c2cc(C)cc(N3c4ccccc4C(c4ccncc4)(c4ccncc4)c4cc5c(cc43)C(C)(C)c3ccccc3-5)c2c1.c1ccc2c(c1)Oc1cc3c4ccccc4n(-c4ccncc4)c3cc1N2c1ccc2cc(N3c4ccccc4Oc4cc5c6ccccc6n(-c6ccncc6)c5cc43)ccc2c1. The first-order chi connectivity index (χ1) is 71.7. The average Bonchev–Trinajstić information content (AvgIpc) is 1.06. The molecule has 0 fully saturated rings. The van der Waals surface area contributed by atoms with Gasteiger partial charge in [0.15, 0.2) is 23.0 Å². The summed E-state index contributed by atoms with van der Waals surface area (Å²) in [6.45, 7) is 14.1. The molecule has 16 aromatic carbocycles. The summed E-state index contributed by atoms with van der Waals surface area (Å²) < 4.78 is 18.1. The van der Waals surface area contributed by atoms with Crippen molar-refractivity contribution in [3.05, 3.63) is 528 Å². The van der Waals surface area contributed by atoms with Gasteiger partial charge >= 0.3 is 0 Å². The smallest absolute Gasteiger partial charge is 0.152 e. The van der Waals surface area contributed by atoms with Gasteiger partial charge in [-0.3, -0.25) is 29.9 Å². The van der Waals surface area contributed by atoms with E-state index in [-0.39, 0.29) is 10.8 Å². The molecule has 0 spiro atoms. The van der Waals surface area contributed by atoms with Crippen LogP contribution in [0.1, 0.15) is 106 Å². The number of hydrogen-bond acceptors (Lipinski definition) is 12. The number of fused-ring (bicyclic) bond motifs is 22. The molecule has 0 saturated carbocycles. The predicted molar refractivity (Wildman–Crippen MR) is 591 cm³/mol. The Morgan fingerprint density at radius 2 is 0.534 bits per heavy atom. The van der Waals surface area contributed by atoms with Gasteiger partial charge in [0.25, 0.3) is 0 Å². The molecule has 14 nitrogen and oxygen atoms in total. The molecule has 4 aliphatic heterocycles. The van der Waals surface area contributed by atoms with Crippen LogP contribution >= 0.6 is 0 Å². The number of para-hydroxylation sites is 8. The lowest BCUT2D eigenvalue weighted by Crippen LogP contribution is -2.38. The summed E-state index contributed by atoms with van der Waals surface area (Å²) in [5.41, 5.74) is 39.4. The minimum absolute atomic E-state index is 0.259. The van der Waals surface area contributed by atoms with E-state index in [1.807, 2.05) is 98.6 Å². The largest absolute Gasteiger partial charge is 0.453 e. The number of aromatic nitrogens is 8. The highest BCUT2D eigenvalue weighted by atomic mass is 16.5. The summed E-state index contributed by atoms with van der Waals surface area (Å²) in [7, 11) is 0. The van der Waals surface area contributed by atoms with Crippen molar-refractivity contribution >= 4 is 133 Å². The van der Waals surface area contributed by atoms with E-state index in [2.05, 4.69) is 452 Å². The van der Waals surface area contributed by atoms with Gasteiger partial charge in [-0.05, 0) is 343 Å². The molecule has 0 unspecified atom stereocenters. The molecule has 0 bridgehead atoms. The highest BCUT2D eigenvalue weighted by Crippen LogP contribution is 2.67. The van der Waals surface area contributed by atoms with E-state index in [1.54, 1.807) is 0 Å². The van der Waals surface area contributed by atoms with Gasteiger partial charge in [0.2, 0.25) is 0 Å². The fourth-order valence-electron chi connectivity index (χ4n) is 25.6. The van der Waals surface area contributed by atoms with Gasteiger partial charge in [-0.1, -0.05) is 185 Å². The highest BCUT2D eigenvalue weighted by molar-refractivity contribution is 6.16. The first-order valence-corrected chi connectivity index (χ1v) is 49.9. The fraction of sp³-hybridized carbons (Fsp3) is 0.0758. The maximum atomic E-state index is 6.72. The van der Waals surface area contributed by atoms with Crippen LogP contribution in [0.15, 0.2) is 450 Å². The Bertz CT molecular complexity index is 8950. The molecule has 24 aromatic rings. The minimum atomic E-state index is -0.739. The molecule has 8 aromatic heterocycles. The van der Waals surface area contributed by atoms with Gasteiger partial charge in [0, 0.05) is 140 Å². The van der Waals surface area contributed by atoms with Crippen LogP contribution in [0.2, 0.25) is 0 Å². The van der Waals surface area contributed by atoms with Crippen LogP contribution in [0.4, 0.5) is 68.2 Å². The molecule has 0 saturated heterocycles. The van der Waals surface area contributed by atoms with E-state index >= 15 is 0 Å². The van der Waals surface area contributed by atoms with Gasteiger partial charge < -0.3 is 38.2 Å². The number of anilines is 12. The summed E-state index contributed by atoms with van der Waals surface area (Å²) >= 11 is 0. The molecule has 0 N–H and O–H groups in total. The van der Waals surface area contributed by atoms with Crippen LogP contribution in [0.25, 0.3) is 98.8 Å². The van der Waals surface area contributed by atoms with Crippen molar-refractivity contribution in [2.75, 3.05) is 19.6 Å². The van der Waals surface area contributed by atoms with Crippen molar-refractivity contribution in [2.45, 2.75) is 63.2 Å². The standard InChI is InChI=1S/C76H58N6.C56H34N6O2/c1-47-39-57-58(69(41-47)81-67-21-13-11-19-61(67)75(49-23-31-77-32-24-49,50-25-33-78-34-26-50)65-43-55-53-15-7-9-17-59(53)73(3,4)63(55)45-71(65)81)40-48(2)42-70(57)82-68-22-14-12-20-62(68)76(51-27-35-79-36-28-51,52-29-37-80-38-30-52)66-44-56-54-16-8-10-18-60(54)74(5,6)64(56)46-72(66)82;1-3-11-45-41(9-1)43-31-55-51(33-49(43)59(45)37-21-25-57-26-22-37)61(47-13-5-7-15-53(47)63-55)39-19-17-36-30-40(20-18-35(36)29-39)62-48-14-6-8-16-54(48)64-56-32-44-42-10-2-4-12-46(42)60(50(44)34-52(56)62)38-23-27-58-28-24-38/h7-46H,1-6H3;1-34H. The number of benzene rings is 16. The molecule has 6 aliphatic rings. The number of hydrogen-bond donors (Lipinski definition) is 0. The molecule has 12 heterocycles. The summed E-state index contributed by atoms with van der Waals surface area (Å²) in [6.07, 6.45) is 22.9. The third-order valence-corrected chi connectivity index (χ3v) is 31.8. The van der Waals surface area contributed by atoms with E-state index in [4.69, 9.17) is 9.47 Å². The second-order valence-electron chi connectivity index (χ2n) is 40.3.